The van der Waals surface area contributed by atoms with Crippen LogP contribution in [0.1, 0.15) is 12.8 Å². The Labute approximate surface area is 106 Å². The monoisotopic (exact) mass is 259 g/mol. The van der Waals surface area contributed by atoms with Crippen molar-refractivity contribution in [1.82, 2.24) is 9.80 Å². The van der Waals surface area contributed by atoms with Gasteiger partial charge < -0.3 is 15.7 Å². The molecule has 2 saturated heterocycles. The molecule has 1 amide bonds. The standard InChI is InChI=1S/C11H21N3O2S/c1-13-5-6-17-11(13)3-2-4-14(8-11)10(16)9(12)7-15/h9,15H,2-8,12H2,1H3/t9-,11?/m0/s1. The van der Waals surface area contributed by atoms with Gasteiger partial charge in [0, 0.05) is 25.4 Å². The SMILES string of the molecule is CN1CCSC12CCCN(C(=O)[C@@H](N)CO)C2. The van der Waals surface area contributed by atoms with Crippen molar-refractivity contribution in [3.63, 3.8) is 0 Å². The van der Waals surface area contributed by atoms with E-state index in [1.807, 2.05) is 16.7 Å². The van der Waals surface area contributed by atoms with E-state index in [0.29, 0.717) is 0 Å². The summed E-state index contributed by atoms with van der Waals surface area (Å²) in [5.41, 5.74) is 5.61. The first-order chi connectivity index (χ1) is 8.09. The number of hydrogen-bond donors (Lipinski definition) is 2. The Morgan fingerprint density at radius 2 is 2.35 bits per heavy atom. The number of aliphatic hydroxyl groups excluding tert-OH is 1. The number of aliphatic hydroxyl groups is 1. The molecule has 0 bridgehead atoms. The number of likely N-dealkylation sites (tertiary alicyclic amines) is 1. The van der Waals surface area contributed by atoms with Crippen molar-refractivity contribution >= 4 is 17.7 Å². The smallest absolute Gasteiger partial charge is 0.241 e. The average Bonchev–Trinajstić information content (AvgIpc) is 2.69. The highest BCUT2D eigenvalue weighted by Crippen LogP contribution is 2.41. The Morgan fingerprint density at radius 3 is 2.94 bits per heavy atom. The lowest BCUT2D eigenvalue weighted by molar-refractivity contribution is -0.135. The molecule has 0 aromatic carbocycles. The van der Waals surface area contributed by atoms with Crippen molar-refractivity contribution in [2.75, 3.05) is 39.0 Å². The molecule has 5 nitrogen and oxygen atoms in total. The van der Waals surface area contributed by atoms with Gasteiger partial charge in [-0.2, -0.15) is 0 Å². The van der Waals surface area contributed by atoms with Gasteiger partial charge in [0.15, 0.2) is 0 Å². The van der Waals surface area contributed by atoms with Crippen LogP contribution in [0.25, 0.3) is 0 Å². The molecule has 2 atom stereocenters. The topological polar surface area (TPSA) is 69.8 Å². The molecule has 0 saturated carbocycles. The second kappa shape index (κ2) is 5.14. The number of carbonyl (C=O) groups excluding carboxylic acids is 1. The lowest BCUT2D eigenvalue weighted by atomic mass is 10.0. The molecule has 1 unspecified atom stereocenters. The predicted molar refractivity (Wildman–Crippen MR) is 68.7 cm³/mol. The minimum absolute atomic E-state index is 0.0864. The van der Waals surface area contributed by atoms with Gasteiger partial charge in [-0.05, 0) is 19.9 Å². The van der Waals surface area contributed by atoms with Crippen molar-refractivity contribution in [3.8, 4) is 0 Å². The first kappa shape index (κ1) is 13.1. The second-order valence-corrected chi connectivity index (χ2v) is 6.33. The van der Waals surface area contributed by atoms with E-state index in [2.05, 4.69) is 11.9 Å². The number of nitrogens with zero attached hydrogens (tertiary/aromatic N) is 2. The Kier molecular flexibility index (Phi) is 3.97. The quantitative estimate of drug-likeness (QED) is 0.686. The fraction of sp³-hybridized carbons (Fsp3) is 0.909. The highest BCUT2D eigenvalue weighted by Gasteiger charge is 2.44. The normalized spacial score (nSPS) is 32.1. The summed E-state index contributed by atoms with van der Waals surface area (Å²) in [5, 5.41) is 8.96. The van der Waals surface area contributed by atoms with Gasteiger partial charge in [0.05, 0.1) is 11.5 Å². The van der Waals surface area contributed by atoms with Crippen LogP contribution in [0.15, 0.2) is 0 Å². The van der Waals surface area contributed by atoms with E-state index in [1.165, 1.54) is 0 Å². The molecular weight excluding hydrogens is 238 g/mol. The number of piperidine rings is 1. The van der Waals surface area contributed by atoms with E-state index >= 15 is 0 Å². The van der Waals surface area contributed by atoms with Crippen molar-refractivity contribution in [2.24, 2.45) is 5.73 Å². The molecule has 2 aliphatic rings. The minimum atomic E-state index is -0.762. The van der Waals surface area contributed by atoms with Crippen molar-refractivity contribution in [2.45, 2.75) is 23.8 Å². The van der Waals surface area contributed by atoms with E-state index in [4.69, 9.17) is 10.8 Å². The molecule has 2 fully saturated rings. The lowest BCUT2D eigenvalue weighted by Crippen LogP contribution is -2.57. The molecule has 2 rings (SSSR count). The third kappa shape index (κ3) is 2.45. The van der Waals surface area contributed by atoms with Gasteiger partial charge in [-0.1, -0.05) is 0 Å². The zero-order valence-corrected chi connectivity index (χ0v) is 11.1. The number of hydrogen-bond acceptors (Lipinski definition) is 5. The number of likely N-dealkylation sites (N-methyl/N-ethyl adjacent to an activating group) is 1. The van der Waals surface area contributed by atoms with E-state index in [-0.39, 0.29) is 17.4 Å². The number of rotatable bonds is 2. The van der Waals surface area contributed by atoms with E-state index < -0.39 is 6.04 Å². The molecule has 0 aliphatic carbocycles. The summed E-state index contributed by atoms with van der Waals surface area (Å²) in [6, 6.07) is -0.762. The Bertz CT molecular complexity index is 302. The summed E-state index contributed by atoms with van der Waals surface area (Å²) in [5.74, 6) is 1.01. The molecule has 0 aromatic heterocycles. The van der Waals surface area contributed by atoms with Crippen LogP contribution in [-0.2, 0) is 4.79 Å². The molecule has 2 aliphatic heterocycles. The largest absolute Gasteiger partial charge is 0.394 e. The van der Waals surface area contributed by atoms with Crippen molar-refractivity contribution in [1.29, 1.82) is 0 Å². The molecule has 98 valence electrons. The molecule has 1 spiro atoms. The third-order valence-electron chi connectivity index (χ3n) is 3.75. The zero-order valence-electron chi connectivity index (χ0n) is 10.3. The number of thioether (sulfide) groups is 1. The van der Waals surface area contributed by atoms with E-state index in [1.54, 1.807) is 0 Å². The van der Waals surface area contributed by atoms with Crippen LogP contribution < -0.4 is 5.73 Å². The summed E-state index contributed by atoms with van der Waals surface area (Å²) in [6.07, 6.45) is 2.15. The van der Waals surface area contributed by atoms with Crippen molar-refractivity contribution < 1.29 is 9.90 Å². The molecule has 3 N–H and O–H groups in total. The molecule has 2 heterocycles. The fourth-order valence-electron chi connectivity index (χ4n) is 2.62. The van der Waals surface area contributed by atoms with Gasteiger partial charge in [0.25, 0.3) is 0 Å². The van der Waals surface area contributed by atoms with Crippen molar-refractivity contribution in [3.05, 3.63) is 0 Å². The summed E-state index contributed by atoms with van der Waals surface area (Å²) < 4.78 is 0. The summed E-state index contributed by atoms with van der Waals surface area (Å²) in [7, 11) is 2.12. The zero-order chi connectivity index (χ0) is 12.5. The van der Waals surface area contributed by atoms with Crippen LogP contribution in [0.5, 0.6) is 0 Å². The molecule has 17 heavy (non-hydrogen) atoms. The van der Waals surface area contributed by atoms with Gasteiger partial charge in [0.1, 0.15) is 6.04 Å². The average molecular weight is 259 g/mol. The molecule has 0 radical (unpaired) electrons. The maximum atomic E-state index is 12.0. The Balaban J connectivity index is 2.04. The third-order valence-corrected chi connectivity index (χ3v) is 5.32. The molecular formula is C11H21N3O2S. The minimum Gasteiger partial charge on any atom is -0.394 e. The van der Waals surface area contributed by atoms with E-state index in [0.717, 1.165) is 38.2 Å². The lowest BCUT2D eigenvalue weighted by Gasteiger charge is -2.44. The van der Waals surface area contributed by atoms with Gasteiger partial charge >= 0.3 is 0 Å². The highest BCUT2D eigenvalue weighted by molar-refractivity contribution is 8.00. The fourth-order valence-corrected chi connectivity index (χ4v) is 4.21. The van der Waals surface area contributed by atoms with Gasteiger partial charge in [-0.25, -0.2) is 0 Å². The predicted octanol–water partition coefficient (Wildman–Crippen LogP) is -0.697. The van der Waals surface area contributed by atoms with Crippen LogP contribution in [0, 0.1) is 0 Å². The van der Waals surface area contributed by atoms with Crippen LogP contribution in [-0.4, -0.2) is 70.8 Å². The first-order valence-corrected chi connectivity index (χ1v) is 7.08. The first-order valence-electron chi connectivity index (χ1n) is 6.09. The van der Waals surface area contributed by atoms with Gasteiger partial charge in [-0.3, -0.25) is 9.69 Å². The number of carbonyl (C=O) groups is 1. The van der Waals surface area contributed by atoms with Gasteiger partial charge in [0.2, 0.25) is 5.91 Å². The maximum absolute atomic E-state index is 12.0. The Morgan fingerprint density at radius 1 is 1.59 bits per heavy atom. The number of nitrogens with two attached hydrogens (primary N) is 1. The van der Waals surface area contributed by atoms with Crippen LogP contribution >= 0.6 is 11.8 Å². The summed E-state index contributed by atoms with van der Waals surface area (Å²) in [4.78, 5) is 16.2. The number of amides is 1. The van der Waals surface area contributed by atoms with Gasteiger partial charge in [-0.15, -0.1) is 11.8 Å². The van der Waals surface area contributed by atoms with Crippen LogP contribution in [0.3, 0.4) is 0 Å². The highest BCUT2D eigenvalue weighted by atomic mass is 32.2. The van der Waals surface area contributed by atoms with E-state index in [9.17, 15) is 4.79 Å². The second-order valence-electron chi connectivity index (χ2n) is 4.87. The maximum Gasteiger partial charge on any atom is 0.241 e. The summed E-state index contributed by atoms with van der Waals surface area (Å²) >= 11 is 1.94. The van der Waals surface area contributed by atoms with Crippen LogP contribution in [0.4, 0.5) is 0 Å². The molecule has 6 heteroatoms. The summed E-state index contributed by atoms with van der Waals surface area (Å²) in [6.45, 7) is 2.31. The molecule has 0 aromatic rings. The van der Waals surface area contributed by atoms with Crippen LogP contribution in [0.2, 0.25) is 0 Å². The Hall–Kier alpha value is -0.300.